The van der Waals surface area contributed by atoms with Gasteiger partial charge in [0.05, 0.1) is 11.6 Å². The minimum Gasteiger partial charge on any atom is -0.333 e. The molecule has 0 amide bonds. The van der Waals surface area contributed by atoms with Crippen molar-refractivity contribution in [2.45, 2.75) is 6.92 Å². The minimum atomic E-state index is 0.525. The van der Waals surface area contributed by atoms with E-state index >= 15 is 0 Å². The largest absolute Gasteiger partial charge is 0.333 e. The van der Waals surface area contributed by atoms with E-state index in [2.05, 4.69) is 16.0 Å². The van der Waals surface area contributed by atoms with Gasteiger partial charge in [0.15, 0.2) is 0 Å². The van der Waals surface area contributed by atoms with E-state index in [1.54, 1.807) is 12.1 Å². The Morgan fingerprint density at radius 1 is 1.33 bits per heavy atom. The first-order valence-corrected chi connectivity index (χ1v) is 4.81. The van der Waals surface area contributed by atoms with Crippen molar-refractivity contribution >= 4 is 11.6 Å². The van der Waals surface area contributed by atoms with Crippen LogP contribution in [-0.2, 0) is 0 Å². The number of aromatic amines is 1. The highest BCUT2D eigenvalue weighted by molar-refractivity contribution is 6.31. The Morgan fingerprint density at radius 3 is 2.47 bits per heavy atom. The molecule has 0 fully saturated rings. The van der Waals surface area contributed by atoms with E-state index < -0.39 is 0 Å². The highest BCUT2D eigenvalue weighted by Gasteiger charge is 2.07. The molecule has 0 atom stereocenters. The van der Waals surface area contributed by atoms with Gasteiger partial charge in [0.2, 0.25) is 0 Å². The number of hydrogen-bond donors (Lipinski definition) is 1. The Kier molecular flexibility index (Phi) is 2.44. The minimum absolute atomic E-state index is 0.525. The number of rotatable bonds is 1. The van der Waals surface area contributed by atoms with Crippen molar-refractivity contribution in [3.8, 4) is 17.3 Å². The molecule has 0 saturated carbocycles. The maximum absolute atomic E-state index is 8.66. The van der Waals surface area contributed by atoms with Crippen molar-refractivity contribution < 1.29 is 0 Å². The van der Waals surface area contributed by atoms with Gasteiger partial charge in [0.25, 0.3) is 0 Å². The molecule has 1 aromatic heterocycles. The molecule has 0 saturated heterocycles. The van der Waals surface area contributed by atoms with Gasteiger partial charge in [-0.2, -0.15) is 5.26 Å². The second-order valence-electron chi connectivity index (χ2n) is 3.17. The second-order valence-corrected chi connectivity index (χ2v) is 3.55. The summed E-state index contributed by atoms with van der Waals surface area (Å²) < 4.78 is 0. The Labute approximate surface area is 92.3 Å². The number of imidazole rings is 1. The molecule has 2 aromatic rings. The number of nitriles is 1. The van der Waals surface area contributed by atoms with E-state index in [-0.39, 0.29) is 0 Å². The van der Waals surface area contributed by atoms with Crippen LogP contribution in [0.4, 0.5) is 0 Å². The Morgan fingerprint density at radius 2 is 2.00 bits per heavy atom. The molecule has 2 rings (SSSR count). The summed E-state index contributed by atoms with van der Waals surface area (Å²) in [5.41, 5.74) is 2.25. The fraction of sp³-hybridized carbons (Fsp3) is 0.0909. The van der Waals surface area contributed by atoms with Gasteiger partial charge in [0.1, 0.15) is 16.7 Å². The predicted molar refractivity (Wildman–Crippen MR) is 58.5 cm³/mol. The number of hydrogen-bond acceptors (Lipinski definition) is 2. The van der Waals surface area contributed by atoms with Gasteiger partial charge in [-0.25, -0.2) is 4.98 Å². The third-order valence-electron chi connectivity index (χ3n) is 2.07. The van der Waals surface area contributed by atoms with Crippen LogP contribution in [0.3, 0.4) is 0 Å². The van der Waals surface area contributed by atoms with Crippen LogP contribution in [0.2, 0.25) is 5.15 Å². The van der Waals surface area contributed by atoms with Gasteiger partial charge in [-0.05, 0) is 19.1 Å². The van der Waals surface area contributed by atoms with Gasteiger partial charge in [-0.3, -0.25) is 0 Å². The topological polar surface area (TPSA) is 52.5 Å². The maximum Gasteiger partial charge on any atom is 0.134 e. The molecule has 1 heterocycles. The zero-order valence-electron chi connectivity index (χ0n) is 8.08. The summed E-state index contributed by atoms with van der Waals surface area (Å²) in [6.45, 7) is 1.85. The third-order valence-corrected chi connectivity index (χ3v) is 2.34. The Hall–Kier alpha value is -1.79. The van der Waals surface area contributed by atoms with Crippen LogP contribution >= 0.6 is 11.6 Å². The van der Waals surface area contributed by atoms with E-state index in [0.29, 0.717) is 10.7 Å². The Balaban J connectivity index is 2.46. The van der Waals surface area contributed by atoms with Crippen molar-refractivity contribution in [3.63, 3.8) is 0 Å². The molecule has 1 aromatic carbocycles. The lowest BCUT2D eigenvalue weighted by Crippen LogP contribution is -1.80. The molecule has 0 aliphatic heterocycles. The number of halogens is 1. The predicted octanol–water partition coefficient (Wildman–Crippen LogP) is 2.91. The van der Waals surface area contributed by atoms with E-state index in [4.69, 9.17) is 16.9 Å². The molecule has 0 spiro atoms. The number of aryl methyl sites for hydroxylation is 1. The lowest BCUT2D eigenvalue weighted by Gasteiger charge is -1.96. The van der Waals surface area contributed by atoms with Crippen molar-refractivity contribution in [3.05, 3.63) is 40.8 Å². The second kappa shape index (κ2) is 3.76. The van der Waals surface area contributed by atoms with Crippen LogP contribution < -0.4 is 0 Å². The zero-order chi connectivity index (χ0) is 10.8. The molecule has 3 nitrogen and oxygen atoms in total. The number of aromatic nitrogens is 2. The average Bonchev–Trinajstić information content (AvgIpc) is 2.58. The van der Waals surface area contributed by atoms with Crippen molar-refractivity contribution in [2.24, 2.45) is 0 Å². The first-order valence-electron chi connectivity index (χ1n) is 4.43. The van der Waals surface area contributed by atoms with Gasteiger partial charge < -0.3 is 4.98 Å². The molecular weight excluding hydrogens is 210 g/mol. The number of nitrogens with one attached hydrogen (secondary N) is 1. The summed E-state index contributed by atoms with van der Waals surface area (Å²) in [5.74, 6) is 0.777. The van der Waals surface area contributed by atoms with Gasteiger partial charge in [-0.15, -0.1) is 0 Å². The molecule has 4 heteroatoms. The van der Waals surface area contributed by atoms with E-state index in [9.17, 15) is 0 Å². The summed E-state index contributed by atoms with van der Waals surface area (Å²) in [5, 5.41) is 9.19. The highest BCUT2D eigenvalue weighted by atomic mass is 35.5. The van der Waals surface area contributed by atoms with E-state index in [1.807, 2.05) is 19.1 Å². The SMILES string of the molecule is Cc1nc(-c2ccc(C#N)cc2)c(Cl)[nH]1. The van der Waals surface area contributed by atoms with Crippen LogP contribution in [-0.4, -0.2) is 9.97 Å². The average molecular weight is 218 g/mol. The number of benzene rings is 1. The van der Waals surface area contributed by atoms with Crippen LogP contribution in [0.25, 0.3) is 11.3 Å². The molecule has 0 aliphatic rings. The lowest BCUT2D eigenvalue weighted by atomic mass is 10.1. The molecule has 74 valence electrons. The molecule has 0 radical (unpaired) electrons. The summed E-state index contributed by atoms with van der Waals surface area (Å²) in [7, 11) is 0. The zero-order valence-corrected chi connectivity index (χ0v) is 8.84. The number of nitrogens with zero attached hydrogens (tertiary/aromatic N) is 2. The standard InChI is InChI=1S/C11H8ClN3/c1-7-14-10(11(12)15-7)9-4-2-8(6-13)3-5-9/h2-5H,1H3,(H,14,15). The highest BCUT2D eigenvalue weighted by Crippen LogP contribution is 2.25. The normalized spacial score (nSPS) is 9.93. The van der Waals surface area contributed by atoms with Gasteiger partial charge >= 0.3 is 0 Å². The van der Waals surface area contributed by atoms with Crippen molar-refractivity contribution in [1.29, 1.82) is 5.26 Å². The molecular formula is C11H8ClN3. The molecule has 0 bridgehead atoms. The summed E-state index contributed by atoms with van der Waals surface area (Å²) in [6, 6.07) is 9.22. The van der Waals surface area contributed by atoms with Crippen LogP contribution in [0.1, 0.15) is 11.4 Å². The smallest absolute Gasteiger partial charge is 0.134 e. The third kappa shape index (κ3) is 1.85. The molecule has 0 aliphatic carbocycles. The van der Waals surface area contributed by atoms with Crippen molar-refractivity contribution in [2.75, 3.05) is 0 Å². The summed E-state index contributed by atoms with van der Waals surface area (Å²) >= 11 is 5.97. The fourth-order valence-corrected chi connectivity index (χ4v) is 1.64. The molecule has 15 heavy (non-hydrogen) atoms. The molecule has 1 N–H and O–H groups in total. The van der Waals surface area contributed by atoms with E-state index in [0.717, 1.165) is 17.1 Å². The van der Waals surface area contributed by atoms with Crippen LogP contribution in [0.5, 0.6) is 0 Å². The maximum atomic E-state index is 8.66. The molecule has 0 unspecified atom stereocenters. The van der Waals surface area contributed by atoms with Crippen molar-refractivity contribution in [1.82, 2.24) is 9.97 Å². The first-order chi connectivity index (χ1) is 7.20. The quantitative estimate of drug-likeness (QED) is 0.799. The van der Waals surface area contributed by atoms with E-state index in [1.165, 1.54) is 0 Å². The monoisotopic (exact) mass is 217 g/mol. The van der Waals surface area contributed by atoms with Crippen LogP contribution in [0, 0.1) is 18.3 Å². The van der Waals surface area contributed by atoms with Gasteiger partial charge in [-0.1, -0.05) is 23.7 Å². The summed E-state index contributed by atoms with van der Waals surface area (Å²) in [6.07, 6.45) is 0. The Bertz CT molecular complexity index is 520. The number of H-pyrrole nitrogens is 1. The fourth-order valence-electron chi connectivity index (χ4n) is 1.36. The lowest BCUT2D eigenvalue weighted by molar-refractivity contribution is 1.15. The van der Waals surface area contributed by atoms with Crippen LogP contribution in [0.15, 0.2) is 24.3 Å². The summed E-state index contributed by atoms with van der Waals surface area (Å²) in [4.78, 5) is 7.19. The first kappa shape index (κ1) is 9.75. The van der Waals surface area contributed by atoms with Gasteiger partial charge in [0, 0.05) is 5.56 Å².